The Hall–Kier alpha value is -3.46. The van der Waals surface area contributed by atoms with Gasteiger partial charge in [0.2, 0.25) is 0 Å². The van der Waals surface area contributed by atoms with Gasteiger partial charge in [-0.1, -0.05) is 104 Å². The SMILES string of the molecule is CC1C=Cc2ccccc2C1n1c(-c2ccccc2)nnc1-c1ccccc1. The fraction of sp³-hybridized carbons (Fsp3) is 0.120. The first kappa shape index (κ1) is 16.7. The second-order valence-electron chi connectivity index (χ2n) is 7.24. The smallest absolute Gasteiger partial charge is 0.164 e. The van der Waals surface area contributed by atoms with E-state index in [1.165, 1.54) is 11.1 Å². The molecule has 4 aromatic rings. The highest BCUT2D eigenvalue weighted by molar-refractivity contribution is 5.65. The molecule has 2 unspecified atom stereocenters. The highest BCUT2D eigenvalue weighted by atomic mass is 15.3. The summed E-state index contributed by atoms with van der Waals surface area (Å²) in [4.78, 5) is 0. The van der Waals surface area contributed by atoms with E-state index >= 15 is 0 Å². The summed E-state index contributed by atoms with van der Waals surface area (Å²) in [6.07, 6.45) is 4.52. The van der Waals surface area contributed by atoms with Crippen LogP contribution >= 0.6 is 0 Å². The van der Waals surface area contributed by atoms with Gasteiger partial charge in [-0.3, -0.25) is 4.57 Å². The zero-order valence-corrected chi connectivity index (χ0v) is 15.7. The van der Waals surface area contributed by atoms with E-state index in [-0.39, 0.29) is 6.04 Å². The summed E-state index contributed by atoms with van der Waals surface area (Å²) >= 11 is 0. The lowest BCUT2D eigenvalue weighted by Crippen LogP contribution is -2.22. The molecular weight excluding hydrogens is 342 g/mol. The second-order valence-corrected chi connectivity index (χ2v) is 7.24. The Morgan fingerprint density at radius 1 is 0.679 bits per heavy atom. The molecular formula is C25H21N3. The van der Waals surface area contributed by atoms with Crippen LogP contribution in [0.3, 0.4) is 0 Å². The number of rotatable bonds is 3. The van der Waals surface area contributed by atoms with E-state index in [1.807, 2.05) is 12.1 Å². The van der Waals surface area contributed by atoms with Crippen LogP contribution in [-0.2, 0) is 0 Å². The van der Waals surface area contributed by atoms with Crippen LogP contribution in [0, 0.1) is 5.92 Å². The standard InChI is InChI=1S/C25H21N3/c1-18-16-17-19-10-8-9-15-22(19)23(18)28-24(20-11-4-2-5-12-20)26-27-25(28)21-13-6-3-7-14-21/h2-18,23H,1H3. The molecule has 0 fully saturated rings. The molecule has 0 aliphatic heterocycles. The van der Waals surface area contributed by atoms with E-state index in [4.69, 9.17) is 0 Å². The fourth-order valence-corrected chi connectivity index (χ4v) is 4.07. The minimum Gasteiger partial charge on any atom is -0.299 e. The summed E-state index contributed by atoms with van der Waals surface area (Å²) in [5.41, 5.74) is 4.73. The van der Waals surface area contributed by atoms with E-state index in [0.717, 1.165) is 22.8 Å². The van der Waals surface area contributed by atoms with Gasteiger partial charge in [-0.15, -0.1) is 10.2 Å². The topological polar surface area (TPSA) is 30.7 Å². The van der Waals surface area contributed by atoms with Gasteiger partial charge in [0.15, 0.2) is 11.6 Å². The number of aromatic nitrogens is 3. The molecule has 0 N–H and O–H groups in total. The summed E-state index contributed by atoms with van der Waals surface area (Å²) in [6, 6.07) is 29.4. The van der Waals surface area contributed by atoms with Crippen molar-refractivity contribution in [3.05, 3.63) is 102 Å². The Labute approximate surface area is 165 Å². The molecule has 3 nitrogen and oxygen atoms in total. The van der Waals surface area contributed by atoms with Gasteiger partial charge in [0.1, 0.15) is 0 Å². The third-order valence-electron chi connectivity index (χ3n) is 5.43. The number of nitrogens with zero attached hydrogens (tertiary/aromatic N) is 3. The second kappa shape index (κ2) is 6.93. The van der Waals surface area contributed by atoms with Crippen LogP contribution in [-0.4, -0.2) is 14.8 Å². The van der Waals surface area contributed by atoms with Crippen LogP contribution in [0.25, 0.3) is 28.9 Å². The third kappa shape index (κ3) is 2.76. The number of hydrogen-bond donors (Lipinski definition) is 0. The molecule has 0 saturated carbocycles. The fourth-order valence-electron chi connectivity index (χ4n) is 4.07. The van der Waals surface area contributed by atoms with Crippen LogP contribution < -0.4 is 0 Å². The van der Waals surface area contributed by atoms with Crippen molar-refractivity contribution < 1.29 is 0 Å². The summed E-state index contributed by atoms with van der Waals surface area (Å²) in [5.74, 6) is 2.14. The van der Waals surface area contributed by atoms with Crippen LogP contribution in [0.4, 0.5) is 0 Å². The van der Waals surface area contributed by atoms with Crippen molar-refractivity contribution in [1.29, 1.82) is 0 Å². The van der Waals surface area contributed by atoms with Crippen molar-refractivity contribution in [3.8, 4) is 22.8 Å². The molecule has 1 aliphatic rings. The largest absolute Gasteiger partial charge is 0.299 e. The van der Waals surface area contributed by atoms with E-state index in [1.54, 1.807) is 0 Å². The maximum atomic E-state index is 4.63. The van der Waals surface area contributed by atoms with Gasteiger partial charge in [0.25, 0.3) is 0 Å². The quantitative estimate of drug-likeness (QED) is 0.456. The number of fused-ring (bicyclic) bond motifs is 1. The van der Waals surface area contributed by atoms with E-state index in [2.05, 4.69) is 107 Å². The molecule has 2 atom stereocenters. The Kier molecular flexibility index (Phi) is 4.13. The van der Waals surface area contributed by atoms with Gasteiger partial charge in [0, 0.05) is 11.1 Å². The highest BCUT2D eigenvalue weighted by Crippen LogP contribution is 2.40. The van der Waals surface area contributed by atoms with Gasteiger partial charge in [-0.05, 0) is 17.0 Å². The average molecular weight is 363 g/mol. The van der Waals surface area contributed by atoms with E-state index in [0.29, 0.717) is 5.92 Å². The maximum Gasteiger partial charge on any atom is 0.164 e. The molecule has 1 heterocycles. The Morgan fingerprint density at radius 3 is 1.82 bits per heavy atom. The Morgan fingerprint density at radius 2 is 1.21 bits per heavy atom. The lowest BCUT2D eigenvalue weighted by molar-refractivity contribution is 0.477. The zero-order valence-electron chi connectivity index (χ0n) is 15.7. The molecule has 0 amide bonds. The molecule has 28 heavy (non-hydrogen) atoms. The van der Waals surface area contributed by atoms with E-state index < -0.39 is 0 Å². The molecule has 0 bridgehead atoms. The summed E-state index contributed by atoms with van der Waals surface area (Å²) in [6.45, 7) is 2.26. The maximum absolute atomic E-state index is 4.63. The number of allylic oxidation sites excluding steroid dienone is 1. The first-order chi connectivity index (χ1) is 13.8. The normalized spacial score (nSPS) is 18.0. The molecule has 1 aliphatic carbocycles. The number of benzene rings is 3. The minimum absolute atomic E-state index is 0.140. The molecule has 0 radical (unpaired) electrons. The van der Waals surface area contributed by atoms with Crippen molar-refractivity contribution >= 4 is 6.08 Å². The van der Waals surface area contributed by atoms with Gasteiger partial charge in [0.05, 0.1) is 6.04 Å². The summed E-state index contributed by atoms with van der Waals surface area (Å²) in [7, 11) is 0. The number of hydrogen-bond acceptors (Lipinski definition) is 2. The van der Waals surface area contributed by atoms with Gasteiger partial charge in [-0.25, -0.2) is 0 Å². The average Bonchev–Trinajstić information content (AvgIpc) is 3.19. The van der Waals surface area contributed by atoms with E-state index in [9.17, 15) is 0 Å². The van der Waals surface area contributed by atoms with Crippen molar-refractivity contribution in [1.82, 2.24) is 14.8 Å². The molecule has 0 saturated heterocycles. The Balaban J connectivity index is 1.78. The van der Waals surface area contributed by atoms with Crippen LogP contribution in [0.1, 0.15) is 24.1 Å². The molecule has 0 spiro atoms. The molecule has 5 rings (SSSR count). The first-order valence-corrected chi connectivity index (χ1v) is 9.66. The predicted molar refractivity (Wildman–Crippen MR) is 114 cm³/mol. The zero-order chi connectivity index (χ0) is 18.9. The molecule has 3 heteroatoms. The highest BCUT2D eigenvalue weighted by Gasteiger charge is 2.30. The predicted octanol–water partition coefficient (Wildman–Crippen LogP) is 5.86. The third-order valence-corrected chi connectivity index (χ3v) is 5.43. The van der Waals surface area contributed by atoms with Crippen molar-refractivity contribution in [3.63, 3.8) is 0 Å². The van der Waals surface area contributed by atoms with Crippen LogP contribution in [0.5, 0.6) is 0 Å². The van der Waals surface area contributed by atoms with Crippen LogP contribution in [0.15, 0.2) is 91.0 Å². The minimum atomic E-state index is 0.140. The molecule has 1 aromatic heterocycles. The van der Waals surface area contributed by atoms with Gasteiger partial charge in [-0.2, -0.15) is 0 Å². The van der Waals surface area contributed by atoms with Crippen LogP contribution in [0.2, 0.25) is 0 Å². The summed E-state index contributed by atoms with van der Waals surface area (Å²) < 4.78 is 2.32. The molecule has 3 aromatic carbocycles. The lowest BCUT2D eigenvalue weighted by Gasteiger charge is -2.31. The first-order valence-electron chi connectivity index (χ1n) is 9.66. The Bertz CT molecular complexity index is 1070. The van der Waals surface area contributed by atoms with Crippen molar-refractivity contribution in [2.45, 2.75) is 13.0 Å². The molecule has 136 valence electrons. The van der Waals surface area contributed by atoms with Crippen molar-refractivity contribution in [2.75, 3.05) is 0 Å². The summed E-state index contributed by atoms with van der Waals surface area (Å²) in [5, 5.41) is 9.27. The van der Waals surface area contributed by atoms with Gasteiger partial charge >= 0.3 is 0 Å². The lowest BCUT2D eigenvalue weighted by atomic mass is 9.85. The van der Waals surface area contributed by atoms with Crippen molar-refractivity contribution in [2.24, 2.45) is 5.92 Å². The monoisotopic (exact) mass is 363 g/mol. The van der Waals surface area contributed by atoms with Gasteiger partial charge < -0.3 is 0 Å².